The highest BCUT2D eigenvalue weighted by Gasteiger charge is 2.31. The summed E-state index contributed by atoms with van der Waals surface area (Å²) in [7, 11) is 1.31. The van der Waals surface area contributed by atoms with Crippen LogP contribution in [0.25, 0.3) is 11.1 Å². The van der Waals surface area contributed by atoms with Gasteiger partial charge in [0.15, 0.2) is 17.6 Å². The van der Waals surface area contributed by atoms with Gasteiger partial charge in [0, 0.05) is 13.0 Å². The molecule has 0 saturated carbocycles. The van der Waals surface area contributed by atoms with E-state index in [1.807, 2.05) is 78.9 Å². The van der Waals surface area contributed by atoms with Gasteiger partial charge in [-0.1, -0.05) is 77.8 Å². The predicted molar refractivity (Wildman–Crippen MR) is 208 cm³/mol. The normalized spacial score (nSPS) is 16.1. The van der Waals surface area contributed by atoms with Gasteiger partial charge in [-0.3, -0.25) is 4.79 Å². The van der Waals surface area contributed by atoms with Crippen molar-refractivity contribution in [2.75, 3.05) is 13.7 Å². The lowest BCUT2D eigenvalue weighted by atomic mass is 9.94. The van der Waals surface area contributed by atoms with Gasteiger partial charge in [0.25, 0.3) is 0 Å². The molecule has 12 heteroatoms. The van der Waals surface area contributed by atoms with E-state index >= 15 is 0 Å². The van der Waals surface area contributed by atoms with Crippen molar-refractivity contribution in [2.45, 2.75) is 44.2 Å². The molecule has 2 N–H and O–H groups in total. The van der Waals surface area contributed by atoms with Crippen LogP contribution in [-0.4, -0.2) is 37.7 Å². The molecular weight excluding hydrogens is 749 g/mol. The number of nitrogens with zero attached hydrogens (tertiary/aromatic N) is 1. The second kappa shape index (κ2) is 17.3. The van der Waals surface area contributed by atoms with Crippen LogP contribution >= 0.6 is 35.6 Å². The van der Waals surface area contributed by atoms with Crippen LogP contribution in [0, 0.1) is 11.3 Å². The van der Waals surface area contributed by atoms with Gasteiger partial charge in [-0.15, -0.1) is 12.4 Å². The van der Waals surface area contributed by atoms with E-state index in [0.717, 1.165) is 38.9 Å². The summed E-state index contributed by atoms with van der Waals surface area (Å²) in [5, 5.41) is 16.3. The Morgan fingerprint density at radius 2 is 1.57 bits per heavy atom. The van der Waals surface area contributed by atoms with E-state index in [9.17, 15) is 9.59 Å². The van der Waals surface area contributed by atoms with Crippen molar-refractivity contribution >= 4 is 47.5 Å². The summed E-state index contributed by atoms with van der Waals surface area (Å²) < 4.78 is 23.5. The summed E-state index contributed by atoms with van der Waals surface area (Å²) >= 11 is 12.1. The first-order chi connectivity index (χ1) is 25.8. The lowest BCUT2D eigenvalue weighted by Crippen LogP contribution is -2.53. The first-order valence-corrected chi connectivity index (χ1v) is 17.8. The second-order valence-electron chi connectivity index (χ2n) is 12.9. The van der Waals surface area contributed by atoms with Crippen molar-refractivity contribution in [3.8, 4) is 34.4 Å². The van der Waals surface area contributed by atoms with Gasteiger partial charge in [-0.2, -0.15) is 5.26 Å². The summed E-state index contributed by atoms with van der Waals surface area (Å²) in [6.45, 7) is 1.13. The van der Waals surface area contributed by atoms with Crippen molar-refractivity contribution in [1.29, 1.82) is 5.26 Å². The van der Waals surface area contributed by atoms with Crippen LogP contribution in [0.15, 0.2) is 103 Å². The van der Waals surface area contributed by atoms with E-state index in [4.69, 9.17) is 47.4 Å². The summed E-state index contributed by atoms with van der Waals surface area (Å²) in [4.78, 5) is 26.3. The fourth-order valence-electron chi connectivity index (χ4n) is 6.42. The van der Waals surface area contributed by atoms with Gasteiger partial charge in [-0.25, -0.2) is 4.79 Å². The van der Waals surface area contributed by atoms with E-state index < -0.39 is 18.1 Å². The van der Waals surface area contributed by atoms with E-state index in [-0.39, 0.29) is 30.8 Å². The number of hydrogen-bond donors (Lipinski definition) is 2. The number of halogens is 3. The second-order valence-corrected chi connectivity index (χ2v) is 13.7. The maximum Gasteiger partial charge on any atom is 0.328 e. The quantitative estimate of drug-likeness (QED) is 0.137. The highest BCUT2D eigenvalue weighted by molar-refractivity contribution is 6.42. The third kappa shape index (κ3) is 8.92. The molecule has 0 aromatic heterocycles. The minimum Gasteiger partial charge on any atom is -0.489 e. The van der Waals surface area contributed by atoms with Gasteiger partial charge in [0.05, 0.1) is 34.8 Å². The molecule has 7 rings (SSSR count). The van der Waals surface area contributed by atoms with E-state index in [1.54, 1.807) is 24.3 Å². The Balaban J connectivity index is 0.00000497. The molecule has 1 amide bonds. The Labute approximate surface area is 329 Å². The molecule has 2 aliphatic rings. The van der Waals surface area contributed by atoms with Gasteiger partial charge >= 0.3 is 5.97 Å². The number of ether oxygens (including phenoxy) is 4. The number of carbonyl (C=O) groups excluding carboxylic acids is 2. The highest BCUT2D eigenvalue weighted by Crippen LogP contribution is 2.40. The van der Waals surface area contributed by atoms with Crippen LogP contribution in [0.4, 0.5) is 0 Å². The average Bonchev–Trinajstić information content (AvgIpc) is 3.20. The highest BCUT2D eigenvalue weighted by atomic mass is 35.5. The number of benzene rings is 5. The van der Waals surface area contributed by atoms with Crippen LogP contribution in [0.3, 0.4) is 0 Å². The molecule has 1 unspecified atom stereocenters. The van der Waals surface area contributed by atoms with Crippen molar-refractivity contribution in [1.82, 2.24) is 10.6 Å². The topological polar surface area (TPSA) is 119 Å². The first-order valence-electron chi connectivity index (χ1n) is 17.1. The molecule has 9 nitrogen and oxygen atoms in total. The fraction of sp³-hybridized carbons (Fsp3) is 0.214. The zero-order valence-electron chi connectivity index (χ0n) is 29.1. The van der Waals surface area contributed by atoms with Crippen LogP contribution < -0.4 is 24.8 Å². The maximum atomic E-state index is 13.5. The number of hydrogen-bond acceptors (Lipinski definition) is 8. The molecule has 0 bridgehead atoms. The van der Waals surface area contributed by atoms with Crippen LogP contribution in [0.5, 0.6) is 17.2 Å². The molecule has 3 atom stereocenters. The smallest absolute Gasteiger partial charge is 0.328 e. The molecule has 0 radical (unpaired) electrons. The molecule has 2 heterocycles. The van der Waals surface area contributed by atoms with Gasteiger partial charge in [0.1, 0.15) is 25.0 Å². The molecule has 5 aromatic rings. The van der Waals surface area contributed by atoms with Crippen molar-refractivity contribution in [2.24, 2.45) is 0 Å². The Hall–Kier alpha value is -5.24. The number of esters is 1. The van der Waals surface area contributed by atoms with Crippen molar-refractivity contribution in [3.05, 3.63) is 147 Å². The number of carbonyl (C=O) groups is 2. The molecule has 2 aliphatic heterocycles. The Morgan fingerprint density at radius 1 is 0.889 bits per heavy atom. The molecule has 0 spiro atoms. The van der Waals surface area contributed by atoms with Crippen molar-refractivity contribution < 1.29 is 28.5 Å². The zero-order valence-corrected chi connectivity index (χ0v) is 31.5. The number of methoxy groups -OCH3 is 1. The Morgan fingerprint density at radius 3 is 2.26 bits per heavy atom. The van der Waals surface area contributed by atoms with Crippen LogP contribution in [-0.2, 0) is 40.3 Å². The van der Waals surface area contributed by atoms with E-state index in [1.165, 1.54) is 7.11 Å². The monoisotopic (exact) mass is 783 g/mol. The van der Waals surface area contributed by atoms with Gasteiger partial charge in [0.2, 0.25) is 5.91 Å². The van der Waals surface area contributed by atoms with Crippen molar-refractivity contribution in [3.63, 3.8) is 0 Å². The third-order valence-electron chi connectivity index (χ3n) is 9.39. The summed E-state index contributed by atoms with van der Waals surface area (Å²) in [5.74, 6) is 1.16. The largest absolute Gasteiger partial charge is 0.489 e. The third-order valence-corrected chi connectivity index (χ3v) is 10.1. The lowest BCUT2D eigenvalue weighted by Gasteiger charge is -2.31. The van der Waals surface area contributed by atoms with E-state index in [2.05, 4.69) is 16.7 Å². The number of fused-ring (bicyclic) bond motifs is 2. The molecule has 0 aliphatic carbocycles. The maximum absolute atomic E-state index is 13.5. The fourth-order valence-corrected chi connectivity index (χ4v) is 6.74. The summed E-state index contributed by atoms with van der Waals surface area (Å²) in [6.07, 6.45) is 0.379. The Kier molecular flexibility index (Phi) is 12.3. The number of nitrogens with one attached hydrogen (secondary N) is 2. The number of amides is 1. The predicted octanol–water partition coefficient (Wildman–Crippen LogP) is 7.96. The molecule has 0 saturated heterocycles. The molecule has 0 fully saturated rings. The first kappa shape index (κ1) is 38.5. The summed E-state index contributed by atoms with van der Waals surface area (Å²) in [6, 6.07) is 32.8. The standard InChI is InChI=1S/C42H35Cl2N3O6.ClH/c1-50-42(49)37(17-25-2-7-28(8-3-25)29-9-4-26(21-45)5-10-29)47-41(48)36-18-31-19-38-39(20-32(31)22-46-36)53-40(24-52-38)30-11-13-33(14-12-30)51-23-27-6-15-34(43)35(44)16-27;/h2-16,19-20,36-37,40,46H,17-18,22-24H2,1H3,(H,47,48);1H/t36?,37-,40-;/m1./s1. The molecule has 54 heavy (non-hydrogen) atoms. The Bertz CT molecular complexity index is 2170. The molecule has 5 aromatic carbocycles. The zero-order chi connectivity index (χ0) is 36.9. The van der Waals surface area contributed by atoms with Gasteiger partial charge < -0.3 is 29.6 Å². The summed E-state index contributed by atoms with van der Waals surface area (Å²) in [5.41, 5.74) is 7.27. The molecular formula is C42H36Cl3N3O6. The van der Waals surface area contributed by atoms with E-state index in [0.29, 0.717) is 59.0 Å². The minimum absolute atomic E-state index is 0. The molecule has 276 valence electrons. The lowest BCUT2D eigenvalue weighted by molar-refractivity contribution is -0.145. The average molecular weight is 785 g/mol. The van der Waals surface area contributed by atoms with Gasteiger partial charge in [-0.05, 0) is 93.9 Å². The van der Waals surface area contributed by atoms with Crippen LogP contribution in [0.2, 0.25) is 10.0 Å². The number of rotatable bonds is 10. The van der Waals surface area contributed by atoms with Crippen LogP contribution in [0.1, 0.15) is 39.5 Å². The SMILES string of the molecule is COC(=O)[C@@H](Cc1ccc(-c2ccc(C#N)cc2)cc1)NC(=O)C1Cc2cc3c(cc2CN1)O[C@@H](c1ccc(OCc2ccc(Cl)c(Cl)c2)cc1)CO3.Cl. The number of nitriles is 1. The minimum atomic E-state index is -0.864.